The number of aliphatic hydroxyl groups excluding tert-OH is 1. The first kappa shape index (κ1) is 34.9. The fraction of sp³-hybridized carbons (Fsp3) is 0.952. The van der Waals surface area contributed by atoms with Gasteiger partial charge in [-0.1, -0.05) is 34.6 Å². The molecule has 7 nitrogen and oxygen atoms in total. The molecule has 0 aromatic rings. The van der Waals surface area contributed by atoms with E-state index >= 15 is 4.79 Å². The summed E-state index contributed by atoms with van der Waals surface area (Å²) in [5, 5.41) is 14.3. The maximum absolute atomic E-state index is 15.0. The molecule has 2 aliphatic heterocycles. The van der Waals surface area contributed by atoms with Gasteiger partial charge in [0.2, 0.25) is 11.8 Å². The summed E-state index contributed by atoms with van der Waals surface area (Å²) < 4.78 is 5.46. The Labute approximate surface area is 297 Å². The van der Waals surface area contributed by atoms with Gasteiger partial charge in [0.15, 0.2) is 0 Å². The van der Waals surface area contributed by atoms with Gasteiger partial charge in [-0.15, -0.1) is 0 Å². The lowest BCUT2D eigenvalue weighted by atomic mass is 9.32. The monoisotopic (exact) mass is 680 g/mol. The highest BCUT2D eigenvalue weighted by Crippen LogP contribution is 2.78. The van der Waals surface area contributed by atoms with E-state index in [1.807, 2.05) is 0 Å². The molecule has 49 heavy (non-hydrogen) atoms. The maximum Gasteiger partial charge on any atom is 0.229 e. The molecular weight excluding hydrogens is 610 g/mol. The molecule has 0 unspecified atom stereocenters. The number of aliphatic hydroxyl groups is 1. The van der Waals surface area contributed by atoms with Crippen LogP contribution in [-0.4, -0.2) is 85.3 Å². The van der Waals surface area contributed by atoms with Crippen molar-refractivity contribution in [1.29, 1.82) is 0 Å². The number of ether oxygens (including phenoxy) is 1. The standard InChI is InChI=1S/C42H69N3O4/c1-38(2)32-11-16-41(5)33(39(32,3)15-12-34(38)46)9-8-31-35-30(28-6-7-28)10-17-42(35,19-18-40(31,41)4)37(48)45-21-13-29(14-22-45)36(47)43-20-23-44-24-26-49-27-25-44/h28-35,46H,6-27H2,1-5H3,(H,43,47)/t30-,31+,32-,33+,34-,35+,39-,40+,41+,42-/m0/s1. The summed E-state index contributed by atoms with van der Waals surface area (Å²) in [4.78, 5) is 32.8. The molecule has 2 saturated heterocycles. The van der Waals surface area contributed by atoms with Gasteiger partial charge in [-0.25, -0.2) is 0 Å². The highest BCUT2D eigenvalue weighted by Gasteiger charge is 2.72. The van der Waals surface area contributed by atoms with E-state index in [1.165, 1.54) is 57.8 Å². The van der Waals surface area contributed by atoms with Gasteiger partial charge >= 0.3 is 0 Å². The highest BCUT2D eigenvalue weighted by molar-refractivity contribution is 5.85. The Morgan fingerprint density at radius 3 is 2.20 bits per heavy atom. The summed E-state index contributed by atoms with van der Waals surface area (Å²) in [6, 6.07) is 0. The fourth-order valence-electron chi connectivity index (χ4n) is 15.0. The summed E-state index contributed by atoms with van der Waals surface area (Å²) in [5.74, 6) is 4.70. The average Bonchev–Trinajstić information content (AvgIpc) is 3.86. The molecule has 2 N–H and O–H groups in total. The van der Waals surface area contributed by atoms with Crippen molar-refractivity contribution in [2.75, 3.05) is 52.5 Å². The smallest absolute Gasteiger partial charge is 0.229 e. The van der Waals surface area contributed by atoms with Gasteiger partial charge in [0.05, 0.1) is 24.7 Å². The normalized spacial score (nSPS) is 47.0. The summed E-state index contributed by atoms with van der Waals surface area (Å²) in [7, 11) is 0. The lowest BCUT2D eigenvalue weighted by Gasteiger charge is -2.73. The van der Waals surface area contributed by atoms with E-state index in [1.54, 1.807) is 0 Å². The van der Waals surface area contributed by atoms with Crippen molar-refractivity contribution >= 4 is 11.8 Å². The Morgan fingerprint density at radius 2 is 1.49 bits per heavy atom. The number of nitrogens with zero attached hydrogens (tertiary/aromatic N) is 2. The largest absolute Gasteiger partial charge is 0.393 e. The van der Waals surface area contributed by atoms with Crippen LogP contribution in [0.15, 0.2) is 0 Å². The summed E-state index contributed by atoms with van der Waals surface area (Å²) in [5.41, 5.74) is 0.645. The topological polar surface area (TPSA) is 82.1 Å². The Balaban J connectivity index is 0.980. The SMILES string of the molecule is CC1(C)[C@@H](O)CC[C@]2(C)[C@H]3CC[C@@H]4[C@H]5[C@H](C6CC6)CC[C@]5(C(=O)N5CCC(C(=O)NCCN6CCOCC6)CC5)CC[C@@]4(C)[C@]3(C)CC[C@@H]12. The molecule has 6 saturated carbocycles. The lowest BCUT2D eigenvalue weighted by Crippen LogP contribution is -2.67. The van der Waals surface area contributed by atoms with E-state index in [0.29, 0.717) is 47.0 Å². The van der Waals surface area contributed by atoms with Crippen molar-refractivity contribution in [3.8, 4) is 0 Å². The molecule has 2 amide bonds. The summed E-state index contributed by atoms with van der Waals surface area (Å²) >= 11 is 0. The van der Waals surface area contributed by atoms with E-state index in [4.69, 9.17) is 4.74 Å². The third-order valence-corrected chi connectivity index (χ3v) is 18.1. The molecular formula is C42H69N3O4. The molecule has 7 heteroatoms. The van der Waals surface area contributed by atoms with Gasteiger partial charge in [0.25, 0.3) is 0 Å². The van der Waals surface area contributed by atoms with Crippen LogP contribution in [-0.2, 0) is 14.3 Å². The van der Waals surface area contributed by atoms with Crippen molar-refractivity contribution in [2.45, 2.75) is 131 Å². The average molecular weight is 680 g/mol. The number of likely N-dealkylation sites (tertiary alicyclic amines) is 1. The molecule has 0 radical (unpaired) electrons. The molecule has 8 aliphatic rings. The minimum Gasteiger partial charge on any atom is -0.393 e. The van der Waals surface area contributed by atoms with Gasteiger partial charge in [0.1, 0.15) is 0 Å². The number of hydrogen-bond acceptors (Lipinski definition) is 5. The van der Waals surface area contributed by atoms with Gasteiger partial charge in [-0.05, 0) is 147 Å². The minimum atomic E-state index is -0.189. The van der Waals surface area contributed by atoms with Crippen molar-refractivity contribution < 1.29 is 19.4 Å². The number of hydrogen-bond donors (Lipinski definition) is 2. The zero-order valence-corrected chi connectivity index (χ0v) is 31.7. The predicted molar refractivity (Wildman–Crippen MR) is 192 cm³/mol. The van der Waals surface area contributed by atoms with Crippen LogP contribution in [0.5, 0.6) is 0 Å². The molecule has 8 rings (SSSR count). The Hall–Kier alpha value is -1.18. The molecule has 0 spiro atoms. The molecule has 276 valence electrons. The van der Waals surface area contributed by atoms with Crippen LogP contribution in [0, 0.1) is 68.5 Å². The van der Waals surface area contributed by atoms with Crippen molar-refractivity contribution in [2.24, 2.45) is 68.5 Å². The predicted octanol–water partition coefficient (Wildman–Crippen LogP) is 6.53. The highest BCUT2D eigenvalue weighted by atomic mass is 16.5. The number of nitrogens with one attached hydrogen (secondary N) is 1. The summed E-state index contributed by atoms with van der Waals surface area (Å²) in [6.45, 7) is 19.3. The fourth-order valence-corrected chi connectivity index (χ4v) is 15.0. The van der Waals surface area contributed by atoms with Crippen molar-refractivity contribution in [1.82, 2.24) is 15.1 Å². The van der Waals surface area contributed by atoms with E-state index < -0.39 is 0 Å². The summed E-state index contributed by atoms with van der Waals surface area (Å²) in [6.07, 6.45) is 16.0. The minimum absolute atomic E-state index is 0.0141. The number of fused-ring (bicyclic) bond motifs is 7. The van der Waals surface area contributed by atoms with Gasteiger partial charge < -0.3 is 20.1 Å². The van der Waals surface area contributed by atoms with Crippen LogP contribution in [0.2, 0.25) is 0 Å². The van der Waals surface area contributed by atoms with Crippen LogP contribution >= 0.6 is 0 Å². The third kappa shape index (κ3) is 5.33. The second kappa shape index (κ2) is 12.5. The van der Waals surface area contributed by atoms with Gasteiger partial charge in [0, 0.05) is 45.2 Å². The molecule has 10 atom stereocenters. The second-order valence-corrected chi connectivity index (χ2v) is 20.1. The van der Waals surface area contributed by atoms with Gasteiger partial charge in [-0.2, -0.15) is 0 Å². The van der Waals surface area contributed by atoms with Crippen LogP contribution in [0.4, 0.5) is 0 Å². The first-order valence-corrected chi connectivity index (χ1v) is 20.9. The molecule has 8 fully saturated rings. The van der Waals surface area contributed by atoms with Crippen LogP contribution in [0.25, 0.3) is 0 Å². The second-order valence-electron chi connectivity index (χ2n) is 20.1. The molecule has 0 aromatic carbocycles. The van der Waals surface area contributed by atoms with Gasteiger partial charge in [-0.3, -0.25) is 14.5 Å². The zero-order chi connectivity index (χ0) is 34.4. The first-order chi connectivity index (χ1) is 23.3. The van der Waals surface area contributed by atoms with E-state index in [-0.39, 0.29) is 34.2 Å². The van der Waals surface area contributed by atoms with Crippen molar-refractivity contribution in [3.05, 3.63) is 0 Å². The Bertz CT molecular complexity index is 1270. The number of morpholine rings is 1. The number of rotatable bonds is 6. The number of carbonyl (C=O) groups excluding carboxylic acids is 2. The number of amides is 2. The van der Waals surface area contributed by atoms with Crippen LogP contribution in [0.1, 0.15) is 125 Å². The quantitative estimate of drug-likeness (QED) is 0.334. The first-order valence-electron chi connectivity index (χ1n) is 20.9. The maximum atomic E-state index is 15.0. The van der Waals surface area contributed by atoms with E-state index in [9.17, 15) is 9.90 Å². The third-order valence-electron chi connectivity index (χ3n) is 18.1. The van der Waals surface area contributed by atoms with Crippen molar-refractivity contribution in [3.63, 3.8) is 0 Å². The van der Waals surface area contributed by atoms with Crippen LogP contribution in [0.3, 0.4) is 0 Å². The Kier molecular flexibility index (Phi) is 8.87. The molecule has 0 bridgehead atoms. The van der Waals surface area contributed by atoms with E-state index in [2.05, 4.69) is 49.7 Å². The molecule has 0 aromatic heterocycles. The van der Waals surface area contributed by atoms with Crippen LogP contribution < -0.4 is 5.32 Å². The number of carbonyl (C=O) groups is 2. The lowest BCUT2D eigenvalue weighted by molar-refractivity contribution is -0.248. The molecule has 2 heterocycles. The Morgan fingerprint density at radius 1 is 0.755 bits per heavy atom. The number of piperidine rings is 1. The zero-order valence-electron chi connectivity index (χ0n) is 31.7. The molecule has 6 aliphatic carbocycles. The van der Waals surface area contributed by atoms with E-state index in [0.717, 1.165) is 89.9 Å².